The summed E-state index contributed by atoms with van der Waals surface area (Å²) in [5.74, 6) is -0.896. The van der Waals surface area contributed by atoms with Gasteiger partial charge in [-0.2, -0.15) is 0 Å². The minimum atomic E-state index is -1.82. The standard InChI is InChI=1S/C7H14O5/c1-3(8)5(10)7(12)6(11)4(2)9/h3,5-8,10-12H,1-2H3/t3-,5+,6+,7+/m0/s1/i2D. The maximum Gasteiger partial charge on any atom is 0.160 e. The number of hydrogen-bond donors (Lipinski definition) is 4. The molecule has 0 aromatic heterocycles. The monoisotopic (exact) mass is 179 g/mol. The van der Waals surface area contributed by atoms with Crippen molar-refractivity contribution in [2.45, 2.75) is 38.2 Å². The fraction of sp³-hybridized carbons (Fsp3) is 0.857. The molecule has 0 unspecified atom stereocenters. The van der Waals surface area contributed by atoms with Gasteiger partial charge >= 0.3 is 0 Å². The highest BCUT2D eigenvalue weighted by atomic mass is 16.4. The van der Waals surface area contributed by atoms with Gasteiger partial charge in [-0.1, -0.05) is 0 Å². The summed E-state index contributed by atoms with van der Waals surface area (Å²) < 4.78 is 6.62. The molecular weight excluding hydrogens is 164 g/mol. The van der Waals surface area contributed by atoms with E-state index < -0.39 is 37.1 Å². The summed E-state index contributed by atoms with van der Waals surface area (Å²) in [5, 5.41) is 36.0. The highest BCUT2D eigenvalue weighted by Crippen LogP contribution is 2.05. The molecule has 12 heavy (non-hydrogen) atoms. The van der Waals surface area contributed by atoms with Gasteiger partial charge in [0.25, 0.3) is 0 Å². The Morgan fingerprint density at radius 2 is 1.75 bits per heavy atom. The number of Topliss-reactive ketones (excluding diaryl/α,β-unsaturated/α-hetero) is 1. The predicted molar refractivity (Wildman–Crippen MR) is 40.4 cm³/mol. The summed E-state index contributed by atoms with van der Waals surface area (Å²) in [4.78, 5) is 10.7. The molecular formula is C7H14O5. The molecule has 0 saturated heterocycles. The van der Waals surface area contributed by atoms with Crippen molar-refractivity contribution in [1.82, 2.24) is 0 Å². The summed E-state index contributed by atoms with van der Waals surface area (Å²) in [6.07, 6.45) is -6.41. The molecule has 0 aliphatic heterocycles. The van der Waals surface area contributed by atoms with Gasteiger partial charge in [0.05, 0.1) is 6.10 Å². The van der Waals surface area contributed by atoms with Gasteiger partial charge in [-0.15, -0.1) is 0 Å². The van der Waals surface area contributed by atoms with Crippen LogP contribution in [-0.4, -0.2) is 50.6 Å². The SMILES string of the molecule is [2H]CC(=O)[C@@H](O)[C@H](O)[C@H](O)[C@H](C)O. The summed E-state index contributed by atoms with van der Waals surface area (Å²) in [6, 6.07) is 0. The first-order valence-electron chi connectivity index (χ1n) is 4.16. The first kappa shape index (κ1) is 9.60. The lowest BCUT2D eigenvalue weighted by atomic mass is 10.0. The fourth-order valence-corrected chi connectivity index (χ4v) is 0.663. The molecule has 5 heteroatoms. The first-order chi connectivity index (χ1) is 5.91. The van der Waals surface area contributed by atoms with Crippen molar-refractivity contribution in [1.29, 1.82) is 0 Å². The average molecular weight is 179 g/mol. The summed E-state index contributed by atoms with van der Waals surface area (Å²) >= 11 is 0. The quantitative estimate of drug-likeness (QED) is 0.401. The van der Waals surface area contributed by atoms with Crippen LogP contribution in [0.4, 0.5) is 0 Å². The molecule has 72 valence electrons. The van der Waals surface area contributed by atoms with E-state index >= 15 is 0 Å². The van der Waals surface area contributed by atoms with Gasteiger partial charge in [0, 0.05) is 1.37 Å². The van der Waals surface area contributed by atoms with Crippen LogP contribution >= 0.6 is 0 Å². The lowest BCUT2D eigenvalue weighted by Crippen LogP contribution is -2.46. The van der Waals surface area contributed by atoms with Crippen LogP contribution < -0.4 is 0 Å². The van der Waals surface area contributed by atoms with E-state index in [2.05, 4.69) is 0 Å². The molecule has 0 bridgehead atoms. The van der Waals surface area contributed by atoms with Crippen LogP contribution in [-0.2, 0) is 4.79 Å². The van der Waals surface area contributed by atoms with Crippen LogP contribution in [0.2, 0.25) is 0 Å². The fourth-order valence-electron chi connectivity index (χ4n) is 0.663. The zero-order chi connectivity index (χ0) is 10.6. The Hall–Kier alpha value is -0.490. The Balaban J connectivity index is 4.24. The van der Waals surface area contributed by atoms with Crippen molar-refractivity contribution in [3.05, 3.63) is 0 Å². The van der Waals surface area contributed by atoms with Crippen molar-refractivity contribution in [3.63, 3.8) is 0 Å². The topological polar surface area (TPSA) is 98.0 Å². The average Bonchev–Trinajstić information content (AvgIpc) is 2.12. The molecule has 0 heterocycles. The second kappa shape index (κ2) is 4.51. The summed E-state index contributed by atoms with van der Waals surface area (Å²) in [5.41, 5.74) is 0. The maximum atomic E-state index is 10.7. The van der Waals surface area contributed by atoms with Gasteiger partial charge in [0.2, 0.25) is 0 Å². The minimum absolute atomic E-state index is 0.676. The molecule has 4 atom stereocenters. The molecule has 0 aromatic rings. The number of carbonyl (C=O) groups excluding carboxylic acids is 1. The number of aliphatic hydroxyl groups is 4. The second-order valence-corrected chi connectivity index (χ2v) is 2.63. The second-order valence-electron chi connectivity index (χ2n) is 2.63. The third kappa shape index (κ3) is 2.86. The van der Waals surface area contributed by atoms with E-state index in [1.807, 2.05) is 0 Å². The molecule has 0 saturated carbocycles. The molecule has 0 aliphatic carbocycles. The highest BCUT2D eigenvalue weighted by molar-refractivity contribution is 5.80. The molecule has 5 nitrogen and oxygen atoms in total. The zero-order valence-electron chi connectivity index (χ0n) is 7.71. The Kier molecular flexibility index (Phi) is 3.61. The third-order valence-electron chi connectivity index (χ3n) is 1.50. The van der Waals surface area contributed by atoms with Crippen LogP contribution in [0, 0.1) is 0 Å². The van der Waals surface area contributed by atoms with Crippen molar-refractivity contribution in [2.75, 3.05) is 0 Å². The zero-order valence-corrected chi connectivity index (χ0v) is 6.71. The molecule has 0 spiro atoms. The third-order valence-corrected chi connectivity index (χ3v) is 1.50. The van der Waals surface area contributed by atoms with Crippen molar-refractivity contribution in [2.24, 2.45) is 0 Å². The van der Waals surface area contributed by atoms with E-state index in [0.29, 0.717) is 0 Å². The molecule has 0 amide bonds. The lowest BCUT2D eigenvalue weighted by Gasteiger charge is -2.22. The number of hydrogen-bond acceptors (Lipinski definition) is 5. The lowest BCUT2D eigenvalue weighted by molar-refractivity contribution is -0.141. The molecule has 0 aromatic carbocycles. The highest BCUT2D eigenvalue weighted by Gasteiger charge is 2.30. The van der Waals surface area contributed by atoms with E-state index in [0.717, 1.165) is 0 Å². The van der Waals surface area contributed by atoms with Gasteiger partial charge in [-0.3, -0.25) is 4.79 Å². The number of aliphatic hydroxyl groups excluding tert-OH is 4. The van der Waals surface area contributed by atoms with Gasteiger partial charge < -0.3 is 20.4 Å². The number of carbonyl (C=O) groups is 1. The Bertz CT molecular complexity index is 172. The molecule has 0 aliphatic rings. The van der Waals surface area contributed by atoms with Crippen LogP contribution in [0.5, 0.6) is 0 Å². The molecule has 0 fully saturated rings. The smallest absolute Gasteiger partial charge is 0.160 e. The van der Waals surface area contributed by atoms with E-state index in [4.69, 9.17) is 21.8 Å². The van der Waals surface area contributed by atoms with Gasteiger partial charge in [0.1, 0.15) is 18.3 Å². The van der Waals surface area contributed by atoms with Crippen LogP contribution in [0.3, 0.4) is 0 Å². The Morgan fingerprint density at radius 3 is 2.08 bits per heavy atom. The van der Waals surface area contributed by atoms with E-state index in [-0.39, 0.29) is 0 Å². The maximum absolute atomic E-state index is 10.7. The predicted octanol–water partition coefficient (Wildman–Crippen LogP) is -1.96. The van der Waals surface area contributed by atoms with Crippen molar-refractivity contribution in [3.8, 4) is 0 Å². The van der Waals surface area contributed by atoms with Crippen molar-refractivity contribution >= 4 is 5.78 Å². The normalized spacial score (nSPS) is 22.2. The van der Waals surface area contributed by atoms with Crippen LogP contribution in [0.1, 0.15) is 15.2 Å². The Morgan fingerprint density at radius 1 is 1.25 bits per heavy atom. The molecule has 0 rings (SSSR count). The number of rotatable bonds is 4. The largest absolute Gasteiger partial charge is 0.391 e. The number of ketones is 1. The van der Waals surface area contributed by atoms with Crippen LogP contribution in [0.15, 0.2) is 0 Å². The Labute approximate surface area is 71.7 Å². The first-order valence-corrected chi connectivity index (χ1v) is 3.46. The van der Waals surface area contributed by atoms with E-state index in [1.54, 1.807) is 0 Å². The van der Waals surface area contributed by atoms with Crippen molar-refractivity contribution < 1.29 is 26.6 Å². The van der Waals surface area contributed by atoms with Gasteiger partial charge in [-0.25, -0.2) is 0 Å². The van der Waals surface area contributed by atoms with Gasteiger partial charge in [-0.05, 0) is 13.8 Å². The van der Waals surface area contributed by atoms with Gasteiger partial charge in [0.15, 0.2) is 5.78 Å². The molecule has 4 N–H and O–H groups in total. The van der Waals surface area contributed by atoms with Crippen LogP contribution in [0.25, 0.3) is 0 Å². The summed E-state index contributed by atoms with van der Waals surface area (Å²) in [6.45, 7) is 0.538. The molecule has 0 radical (unpaired) electrons. The minimum Gasteiger partial charge on any atom is -0.391 e. The van der Waals surface area contributed by atoms with E-state index in [9.17, 15) is 4.79 Å². The summed E-state index contributed by atoms with van der Waals surface area (Å²) in [7, 11) is 0. The van der Waals surface area contributed by atoms with E-state index in [1.165, 1.54) is 6.92 Å².